The van der Waals surface area contributed by atoms with Crippen LogP contribution >= 0.6 is 11.6 Å². The third kappa shape index (κ3) is 3.25. The number of hydrogen-bond acceptors (Lipinski definition) is 2. The van der Waals surface area contributed by atoms with Gasteiger partial charge in [-0.3, -0.25) is 4.79 Å². The molecule has 110 valence electrons. The Kier molecular flexibility index (Phi) is 4.78. The fourth-order valence-electron chi connectivity index (χ4n) is 3.47. The van der Waals surface area contributed by atoms with E-state index in [2.05, 4.69) is 0 Å². The second-order valence-corrected chi connectivity index (χ2v) is 7.19. The second kappa shape index (κ2) is 6.01. The molecule has 1 amide bonds. The van der Waals surface area contributed by atoms with Crippen molar-refractivity contribution in [3.63, 3.8) is 0 Å². The Labute approximate surface area is 121 Å². The first-order chi connectivity index (χ1) is 8.97. The van der Waals surface area contributed by atoms with Gasteiger partial charge in [0, 0.05) is 19.0 Å². The maximum Gasteiger partial charge on any atom is 0.239 e. The summed E-state index contributed by atoms with van der Waals surface area (Å²) >= 11 is 5.95. The zero-order valence-corrected chi connectivity index (χ0v) is 13.0. The van der Waals surface area contributed by atoms with E-state index in [1.807, 2.05) is 18.7 Å². The van der Waals surface area contributed by atoms with Gasteiger partial charge in [0.15, 0.2) is 0 Å². The molecule has 2 rings (SSSR count). The molecular formula is C15H27ClN2O. The normalized spacial score (nSPS) is 33.1. The zero-order valence-electron chi connectivity index (χ0n) is 12.2. The van der Waals surface area contributed by atoms with Crippen molar-refractivity contribution in [2.75, 3.05) is 19.0 Å². The van der Waals surface area contributed by atoms with Gasteiger partial charge in [0.1, 0.15) is 0 Å². The van der Waals surface area contributed by atoms with Gasteiger partial charge in [-0.05, 0) is 49.4 Å². The van der Waals surface area contributed by atoms with Gasteiger partial charge >= 0.3 is 0 Å². The van der Waals surface area contributed by atoms with Crippen molar-refractivity contribution in [1.29, 1.82) is 0 Å². The molecule has 1 aliphatic carbocycles. The molecule has 0 radical (unpaired) electrons. The molecule has 1 aliphatic heterocycles. The molecule has 0 aromatic carbocycles. The average Bonchev–Trinajstić information content (AvgIpc) is 2.82. The van der Waals surface area contributed by atoms with Crippen LogP contribution in [0.2, 0.25) is 0 Å². The summed E-state index contributed by atoms with van der Waals surface area (Å²) in [5.41, 5.74) is 6.36. The summed E-state index contributed by atoms with van der Waals surface area (Å²) in [6, 6.07) is -0.339. The maximum absolute atomic E-state index is 12.3. The van der Waals surface area contributed by atoms with Crippen molar-refractivity contribution < 1.29 is 4.79 Å². The Morgan fingerprint density at radius 3 is 2.53 bits per heavy atom. The first kappa shape index (κ1) is 15.1. The predicted molar refractivity (Wildman–Crippen MR) is 79.1 cm³/mol. The van der Waals surface area contributed by atoms with E-state index >= 15 is 0 Å². The van der Waals surface area contributed by atoms with Gasteiger partial charge in [-0.2, -0.15) is 0 Å². The molecule has 19 heavy (non-hydrogen) atoms. The van der Waals surface area contributed by atoms with E-state index in [1.54, 1.807) is 0 Å². The molecule has 2 aliphatic rings. The van der Waals surface area contributed by atoms with Gasteiger partial charge in [0.2, 0.25) is 5.91 Å². The van der Waals surface area contributed by atoms with E-state index in [4.69, 9.17) is 17.3 Å². The Morgan fingerprint density at radius 2 is 2.00 bits per heavy atom. The molecule has 1 atom stereocenters. The summed E-state index contributed by atoms with van der Waals surface area (Å²) in [7, 11) is 0. The van der Waals surface area contributed by atoms with Crippen LogP contribution < -0.4 is 5.73 Å². The van der Waals surface area contributed by atoms with E-state index in [1.165, 1.54) is 25.7 Å². The third-order valence-electron chi connectivity index (χ3n) is 5.14. The van der Waals surface area contributed by atoms with Crippen LogP contribution in [0.15, 0.2) is 0 Å². The highest BCUT2D eigenvalue weighted by molar-refractivity contribution is 6.18. The van der Waals surface area contributed by atoms with Crippen LogP contribution in [0, 0.1) is 17.3 Å². The first-order valence-electron chi connectivity index (χ1n) is 7.58. The van der Waals surface area contributed by atoms with Crippen molar-refractivity contribution in [2.45, 2.75) is 52.0 Å². The first-order valence-corrected chi connectivity index (χ1v) is 8.11. The van der Waals surface area contributed by atoms with Crippen molar-refractivity contribution >= 4 is 17.5 Å². The van der Waals surface area contributed by atoms with Crippen LogP contribution in [0.5, 0.6) is 0 Å². The fourth-order valence-corrected chi connectivity index (χ4v) is 3.78. The quantitative estimate of drug-likeness (QED) is 0.811. The van der Waals surface area contributed by atoms with Crippen LogP contribution in [0.1, 0.15) is 46.0 Å². The minimum absolute atomic E-state index is 0.145. The Balaban J connectivity index is 1.91. The highest BCUT2D eigenvalue weighted by Crippen LogP contribution is 2.45. The summed E-state index contributed by atoms with van der Waals surface area (Å²) < 4.78 is 0. The molecule has 2 fully saturated rings. The minimum atomic E-state index is -0.339. The number of halogens is 1. The lowest BCUT2D eigenvalue weighted by molar-refractivity contribution is -0.133. The van der Waals surface area contributed by atoms with E-state index in [9.17, 15) is 4.79 Å². The molecule has 1 saturated carbocycles. The molecule has 1 saturated heterocycles. The van der Waals surface area contributed by atoms with Crippen LogP contribution in [0.25, 0.3) is 0 Å². The summed E-state index contributed by atoms with van der Waals surface area (Å²) in [4.78, 5) is 14.3. The largest absolute Gasteiger partial charge is 0.341 e. The van der Waals surface area contributed by atoms with Gasteiger partial charge in [-0.1, -0.05) is 13.8 Å². The van der Waals surface area contributed by atoms with Crippen molar-refractivity contribution in [1.82, 2.24) is 4.90 Å². The number of likely N-dealkylation sites (tertiary alicyclic amines) is 1. The number of carbonyl (C=O) groups excluding carboxylic acids is 1. The lowest BCUT2D eigenvalue weighted by Gasteiger charge is -2.36. The van der Waals surface area contributed by atoms with Gasteiger partial charge in [-0.15, -0.1) is 11.6 Å². The van der Waals surface area contributed by atoms with Gasteiger partial charge in [0.05, 0.1) is 6.04 Å². The van der Waals surface area contributed by atoms with Crippen molar-refractivity contribution in [3.8, 4) is 0 Å². The number of amides is 1. The molecule has 3 nitrogen and oxygen atoms in total. The summed E-state index contributed by atoms with van der Waals surface area (Å²) in [5.74, 6) is 1.84. The topological polar surface area (TPSA) is 46.3 Å². The van der Waals surface area contributed by atoms with E-state index < -0.39 is 0 Å². The standard InChI is InChI=1S/C15H27ClN2O/c1-11(2)13(17)14(19)18-8-7-15(10-18)5-3-12(9-16)4-6-15/h11-13H,3-10,17H2,1-2H3. The van der Waals surface area contributed by atoms with Gasteiger partial charge in [-0.25, -0.2) is 0 Å². The van der Waals surface area contributed by atoms with E-state index in [0.29, 0.717) is 11.3 Å². The summed E-state index contributed by atoms with van der Waals surface area (Å²) in [5, 5.41) is 0. The second-order valence-electron chi connectivity index (χ2n) is 6.88. The smallest absolute Gasteiger partial charge is 0.239 e. The molecular weight excluding hydrogens is 260 g/mol. The summed E-state index contributed by atoms with van der Waals surface area (Å²) in [6.07, 6.45) is 6.05. The van der Waals surface area contributed by atoms with Crippen LogP contribution in [0.3, 0.4) is 0 Å². The number of rotatable bonds is 3. The van der Waals surface area contributed by atoms with Crippen LogP contribution in [-0.4, -0.2) is 35.8 Å². The van der Waals surface area contributed by atoms with Gasteiger partial charge < -0.3 is 10.6 Å². The summed E-state index contributed by atoms with van der Waals surface area (Å²) in [6.45, 7) is 5.84. The monoisotopic (exact) mass is 286 g/mol. The average molecular weight is 287 g/mol. The highest BCUT2D eigenvalue weighted by Gasteiger charge is 2.43. The molecule has 0 aromatic heterocycles. The van der Waals surface area contributed by atoms with Crippen LogP contribution in [0.4, 0.5) is 0 Å². The lowest BCUT2D eigenvalue weighted by Crippen LogP contribution is -2.46. The number of alkyl halides is 1. The number of nitrogens with two attached hydrogens (primary N) is 1. The zero-order chi connectivity index (χ0) is 14.0. The van der Waals surface area contributed by atoms with Crippen LogP contribution in [-0.2, 0) is 4.79 Å². The Bertz CT molecular complexity index is 324. The molecule has 1 unspecified atom stereocenters. The predicted octanol–water partition coefficient (Wildman–Crippen LogP) is 2.62. The minimum Gasteiger partial charge on any atom is -0.341 e. The molecule has 0 aromatic rings. The van der Waals surface area contributed by atoms with Gasteiger partial charge in [0.25, 0.3) is 0 Å². The lowest BCUT2D eigenvalue weighted by atomic mass is 9.70. The Hall–Kier alpha value is -0.280. The number of nitrogens with zero attached hydrogens (tertiary/aromatic N) is 1. The molecule has 1 heterocycles. The highest BCUT2D eigenvalue weighted by atomic mass is 35.5. The van der Waals surface area contributed by atoms with Crippen molar-refractivity contribution in [2.24, 2.45) is 23.0 Å². The van der Waals surface area contributed by atoms with Crippen molar-refractivity contribution in [3.05, 3.63) is 0 Å². The Morgan fingerprint density at radius 1 is 1.37 bits per heavy atom. The third-order valence-corrected chi connectivity index (χ3v) is 5.57. The molecule has 2 N–H and O–H groups in total. The maximum atomic E-state index is 12.3. The number of hydrogen-bond donors (Lipinski definition) is 1. The van der Waals surface area contributed by atoms with E-state index in [0.717, 1.165) is 25.4 Å². The number of carbonyl (C=O) groups is 1. The molecule has 1 spiro atoms. The molecule has 4 heteroatoms. The SMILES string of the molecule is CC(C)C(N)C(=O)N1CCC2(CCC(CCl)CC2)C1. The van der Waals surface area contributed by atoms with E-state index in [-0.39, 0.29) is 17.9 Å². The molecule has 0 bridgehead atoms. The fraction of sp³-hybridized carbons (Fsp3) is 0.933.